The standard InChI is InChI=1S/C75H50N2/c1-3-17-52(18-4-1)64-27-15-19-54-20-16-28-65(74(54)64)53-37-44-60(45-38-53)76(61-47-40-59(41-48-61)75(58-21-5-2-6-22-58)70-29-11-7-23-66(70)67-24-8-12-30-71(67)75)63-46-39-56-49-55(33-34-57(56)50-63)51-35-42-62(43-36-51)77-72-31-13-9-25-68(72)69-26-10-14-32-73(69)77/h1-50H. The molecule has 13 aromatic carbocycles. The molecule has 0 amide bonds. The Bertz CT molecular complexity index is 4430. The highest BCUT2D eigenvalue weighted by Gasteiger charge is 2.45. The van der Waals surface area contributed by atoms with Gasteiger partial charge >= 0.3 is 0 Å². The van der Waals surface area contributed by atoms with E-state index in [2.05, 4.69) is 313 Å². The molecule has 2 heteroatoms. The number of hydrogen-bond acceptors (Lipinski definition) is 1. The van der Waals surface area contributed by atoms with Crippen LogP contribution in [0.1, 0.15) is 22.3 Å². The Morgan fingerprint density at radius 1 is 0.273 bits per heavy atom. The average molecular weight is 979 g/mol. The molecule has 15 rings (SSSR count). The maximum Gasteiger partial charge on any atom is 0.0713 e. The quantitative estimate of drug-likeness (QED) is 0.140. The Labute approximate surface area is 448 Å². The highest BCUT2D eigenvalue weighted by atomic mass is 15.1. The van der Waals surface area contributed by atoms with Gasteiger partial charge in [0.15, 0.2) is 0 Å². The summed E-state index contributed by atoms with van der Waals surface area (Å²) in [6.45, 7) is 0. The fourth-order valence-electron chi connectivity index (χ4n) is 12.8. The largest absolute Gasteiger partial charge is 0.310 e. The number of para-hydroxylation sites is 2. The van der Waals surface area contributed by atoms with Crippen molar-refractivity contribution in [2.45, 2.75) is 5.41 Å². The molecule has 0 bridgehead atoms. The minimum atomic E-state index is -0.484. The van der Waals surface area contributed by atoms with Gasteiger partial charge in [-0.15, -0.1) is 0 Å². The minimum Gasteiger partial charge on any atom is -0.310 e. The molecule has 0 radical (unpaired) electrons. The number of aromatic nitrogens is 1. The van der Waals surface area contributed by atoms with E-state index in [1.165, 1.54) is 110 Å². The van der Waals surface area contributed by atoms with Crippen molar-refractivity contribution in [2.24, 2.45) is 0 Å². The van der Waals surface area contributed by atoms with E-state index >= 15 is 0 Å². The molecule has 0 atom stereocenters. The average Bonchev–Trinajstić information content (AvgIpc) is 4.03. The van der Waals surface area contributed by atoms with Crippen LogP contribution in [0.4, 0.5) is 17.1 Å². The van der Waals surface area contributed by atoms with Crippen molar-refractivity contribution in [2.75, 3.05) is 4.90 Å². The molecule has 77 heavy (non-hydrogen) atoms. The number of fused-ring (bicyclic) bond motifs is 8. The number of rotatable bonds is 9. The summed E-state index contributed by atoms with van der Waals surface area (Å²) in [6.07, 6.45) is 0. The first kappa shape index (κ1) is 44.5. The summed E-state index contributed by atoms with van der Waals surface area (Å²) >= 11 is 0. The van der Waals surface area contributed by atoms with Gasteiger partial charge < -0.3 is 9.47 Å². The Morgan fingerprint density at radius 2 is 0.727 bits per heavy atom. The summed E-state index contributed by atoms with van der Waals surface area (Å²) in [7, 11) is 0. The third kappa shape index (κ3) is 7.18. The fourth-order valence-corrected chi connectivity index (χ4v) is 12.8. The zero-order valence-corrected chi connectivity index (χ0v) is 42.3. The van der Waals surface area contributed by atoms with Gasteiger partial charge in [-0.3, -0.25) is 0 Å². The van der Waals surface area contributed by atoms with Gasteiger partial charge in [0.05, 0.1) is 16.4 Å². The van der Waals surface area contributed by atoms with E-state index in [1.54, 1.807) is 0 Å². The second-order valence-electron chi connectivity index (χ2n) is 20.4. The molecule has 0 aliphatic heterocycles. The lowest BCUT2D eigenvalue weighted by Gasteiger charge is -2.34. The van der Waals surface area contributed by atoms with Crippen LogP contribution in [0.15, 0.2) is 303 Å². The number of anilines is 3. The van der Waals surface area contributed by atoms with E-state index in [0.29, 0.717) is 0 Å². The molecule has 2 nitrogen and oxygen atoms in total. The summed E-state index contributed by atoms with van der Waals surface area (Å²) in [5, 5.41) is 7.40. The van der Waals surface area contributed by atoms with Crippen molar-refractivity contribution < 1.29 is 0 Å². The zero-order chi connectivity index (χ0) is 50.9. The van der Waals surface area contributed by atoms with Crippen LogP contribution >= 0.6 is 0 Å². The minimum absolute atomic E-state index is 0.484. The van der Waals surface area contributed by atoms with Crippen molar-refractivity contribution in [1.82, 2.24) is 4.57 Å². The van der Waals surface area contributed by atoms with Gasteiger partial charge in [-0.1, -0.05) is 237 Å². The second kappa shape index (κ2) is 18.1. The lowest BCUT2D eigenvalue weighted by Crippen LogP contribution is -2.28. The highest BCUT2D eigenvalue weighted by Crippen LogP contribution is 2.56. The lowest BCUT2D eigenvalue weighted by molar-refractivity contribution is 0.768. The van der Waals surface area contributed by atoms with Gasteiger partial charge in [0.25, 0.3) is 0 Å². The zero-order valence-electron chi connectivity index (χ0n) is 42.3. The van der Waals surface area contributed by atoms with Gasteiger partial charge in [-0.25, -0.2) is 0 Å². The van der Waals surface area contributed by atoms with Crippen molar-refractivity contribution in [3.05, 3.63) is 326 Å². The number of hydrogen-bond donors (Lipinski definition) is 0. The van der Waals surface area contributed by atoms with Crippen LogP contribution in [-0.2, 0) is 5.41 Å². The van der Waals surface area contributed by atoms with Crippen molar-refractivity contribution in [3.8, 4) is 50.2 Å². The van der Waals surface area contributed by atoms with Crippen LogP contribution < -0.4 is 4.90 Å². The molecule has 0 N–H and O–H groups in total. The van der Waals surface area contributed by atoms with Gasteiger partial charge in [0, 0.05) is 33.5 Å². The summed E-state index contributed by atoms with van der Waals surface area (Å²) in [5.74, 6) is 0. The van der Waals surface area contributed by atoms with Crippen molar-refractivity contribution in [1.29, 1.82) is 0 Å². The maximum atomic E-state index is 2.42. The van der Waals surface area contributed by atoms with Crippen LogP contribution in [0.2, 0.25) is 0 Å². The molecule has 0 fully saturated rings. The van der Waals surface area contributed by atoms with E-state index in [0.717, 1.165) is 22.7 Å². The molecule has 1 aromatic heterocycles. The molecule has 0 unspecified atom stereocenters. The molecule has 14 aromatic rings. The van der Waals surface area contributed by atoms with E-state index in [-0.39, 0.29) is 0 Å². The van der Waals surface area contributed by atoms with Gasteiger partial charge in [0.2, 0.25) is 0 Å². The lowest BCUT2D eigenvalue weighted by atomic mass is 9.68. The third-order valence-electron chi connectivity index (χ3n) is 16.3. The summed E-state index contributed by atoms with van der Waals surface area (Å²) in [5.41, 5.74) is 21.3. The van der Waals surface area contributed by atoms with Crippen molar-refractivity contribution >= 4 is 60.4 Å². The Hall–Kier alpha value is -10.0. The van der Waals surface area contributed by atoms with E-state index in [9.17, 15) is 0 Å². The van der Waals surface area contributed by atoms with Crippen LogP contribution in [0.3, 0.4) is 0 Å². The van der Waals surface area contributed by atoms with Crippen LogP contribution in [-0.4, -0.2) is 4.57 Å². The molecule has 1 aliphatic carbocycles. The summed E-state index contributed by atoms with van der Waals surface area (Å²) in [4.78, 5) is 2.42. The summed E-state index contributed by atoms with van der Waals surface area (Å²) < 4.78 is 2.38. The van der Waals surface area contributed by atoms with E-state index in [4.69, 9.17) is 0 Å². The highest BCUT2D eigenvalue weighted by molar-refractivity contribution is 6.09. The Balaban J connectivity index is 0.835. The Kier molecular flexibility index (Phi) is 10.5. The Morgan fingerprint density at radius 3 is 1.36 bits per heavy atom. The molecule has 0 spiro atoms. The van der Waals surface area contributed by atoms with Crippen LogP contribution in [0.25, 0.3) is 93.5 Å². The smallest absolute Gasteiger partial charge is 0.0713 e. The van der Waals surface area contributed by atoms with Gasteiger partial charge in [-0.05, 0) is 155 Å². The molecule has 0 saturated heterocycles. The number of benzene rings is 13. The van der Waals surface area contributed by atoms with E-state index in [1.807, 2.05) is 0 Å². The SMILES string of the molecule is c1ccc(-c2cccc3cccc(-c4ccc(N(c5ccc(C6(c7ccccc7)c7ccccc7-c7ccccc76)cc5)c5ccc6cc(-c7ccc(-n8c9ccccc9c9ccccc98)cc7)ccc6c5)cc4)c23)cc1. The van der Waals surface area contributed by atoms with Crippen LogP contribution in [0, 0.1) is 0 Å². The predicted molar refractivity (Wildman–Crippen MR) is 324 cm³/mol. The molecule has 360 valence electrons. The predicted octanol–water partition coefficient (Wildman–Crippen LogP) is 19.9. The fraction of sp³-hybridized carbons (Fsp3) is 0.0133. The molecule has 1 heterocycles. The molecule has 1 aliphatic rings. The normalized spacial score (nSPS) is 12.5. The summed E-state index contributed by atoms with van der Waals surface area (Å²) in [6, 6.07) is 112. The maximum absolute atomic E-state index is 2.42. The third-order valence-corrected chi connectivity index (χ3v) is 16.3. The van der Waals surface area contributed by atoms with Crippen molar-refractivity contribution in [3.63, 3.8) is 0 Å². The first-order valence-corrected chi connectivity index (χ1v) is 26.7. The van der Waals surface area contributed by atoms with E-state index < -0.39 is 5.41 Å². The van der Waals surface area contributed by atoms with Gasteiger partial charge in [-0.2, -0.15) is 0 Å². The molecule has 0 saturated carbocycles. The molecular weight excluding hydrogens is 929 g/mol. The first-order valence-electron chi connectivity index (χ1n) is 26.7. The first-order chi connectivity index (χ1) is 38.2. The number of nitrogens with zero attached hydrogens (tertiary/aromatic N) is 2. The van der Waals surface area contributed by atoms with Gasteiger partial charge in [0.1, 0.15) is 0 Å². The van der Waals surface area contributed by atoms with Crippen LogP contribution in [0.5, 0.6) is 0 Å². The topological polar surface area (TPSA) is 8.17 Å². The second-order valence-corrected chi connectivity index (χ2v) is 20.4. The molecular formula is C75H50N2. The monoisotopic (exact) mass is 978 g/mol.